The molecule has 29 heavy (non-hydrogen) atoms. The molecule has 1 aliphatic heterocycles. The van der Waals surface area contributed by atoms with E-state index >= 15 is 0 Å². The van der Waals surface area contributed by atoms with Crippen molar-refractivity contribution in [3.63, 3.8) is 0 Å². The summed E-state index contributed by atoms with van der Waals surface area (Å²) in [5.74, 6) is 0. The Morgan fingerprint density at radius 1 is 0.724 bits per heavy atom. The SMILES string of the molecule is CC[C@H](OP1N(C)[C@H](c2ccccc2)[C@@H](c2ccccc2)N1C)c1ccccc1. The number of hydrogen-bond acceptors (Lipinski definition) is 3. The topological polar surface area (TPSA) is 15.7 Å². The largest absolute Gasteiger partial charge is 0.323 e. The molecule has 4 heteroatoms. The van der Waals surface area contributed by atoms with Gasteiger partial charge in [0.05, 0.1) is 18.2 Å². The molecule has 0 saturated carbocycles. The molecule has 3 nitrogen and oxygen atoms in total. The van der Waals surface area contributed by atoms with Crippen LogP contribution in [0.3, 0.4) is 0 Å². The van der Waals surface area contributed by atoms with Gasteiger partial charge in [-0.3, -0.25) is 0 Å². The number of hydrogen-bond donors (Lipinski definition) is 0. The van der Waals surface area contributed by atoms with Gasteiger partial charge in [0, 0.05) is 0 Å². The third-order valence-corrected chi connectivity index (χ3v) is 7.71. The molecule has 0 aromatic heterocycles. The van der Waals surface area contributed by atoms with Gasteiger partial charge in [-0.15, -0.1) is 0 Å². The van der Waals surface area contributed by atoms with Crippen LogP contribution in [0.4, 0.5) is 0 Å². The van der Waals surface area contributed by atoms with Crippen molar-refractivity contribution < 1.29 is 4.52 Å². The predicted molar refractivity (Wildman–Crippen MR) is 121 cm³/mol. The van der Waals surface area contributed by atoms with E-state index < -0.39 is 8.45 Å². The van der Waals surface area contributed by atoms with Crippen LogP contribution in [0, 0.1) is 0 Å². The first-order valence-electron chi connectivity index (χ1n) is 10.3. The Kier molecular flexibility index (Phi) is 6.42. The molecule has 3 atom stereocenters. The molecule has 1 fully saturated rings. The smallest absolute Gasteiger partial charge is 0.189 e. The molecule has 3 aromatic carbocycles. The quantitative estimate of drug-likeness (QED) is 0.423. The summed E-state index contributed by atoms with van der Waals surface area (Å²) in [6.07, 6.45) is 1.05. The molecule has 0 radical (unpaired) electrons. The molecule has 0 bridgehead atoms. The Morgan fingerprint density at radius 3 is 1.55 bits per heavy atom. The molecule has 1 aliphatic rings. The third-order valence-electron chi connectivity index (χ3n) is 5.69. The molecular formula is C25H29N2OP. The first-order valence-corrected chi connectivity index (χ1v) is 11.4. The zero-order valence-corrected chi connectivity index (χ0v) is 18.2. The maximum absolute atomic E-state index is 6.79. The summed E-state index contributed by atoms with van der Waals surface area (Å²) in [5, 5.41) is 0. The maximum atomic E-state index is 6.79. The summed E-state index contributed by atoms with van der Waals surface area (Å²) in [7, 11) is 3.52. The molecule has 150 valence electrons. The summed E-state index contributed by atoms with van der Waals surface area (Å²) in [5.41, 5.74) is 3.91. The lowest BCUT2D eigenvalue weighted by Gasteiger charge is -2.29. The molecule has 0 amide bonds. The average Bonchev–Trinajstić information content (AvgIpc) is 3.03. The molecule has 0 spiro atoms. The second-order valence-corrected chi connectivity index (χ2v) is 9.50. The summed E-state index contributed by atoms with van der Waals surface area (Å²) in [6, 6.07) is 32.7. The summed E-state index contributed by atoms with van der Waals surface area (Å²) in [4.78, 5) is 0. The van der Waals surface area contributed by atoms with Crippen LogP contribution < -0.4 is 0 Å². The molecule has 4 rings (SSSR count). The minimum Gasteiger partial charge on any atom is -0.323 e. The minimum atomic E-state index is -0.896. The van der Waals surface area contributed by atoms with Gasteiger partial charge in [-0.25, -0.2) is 9.34 Å². The van der Waals surface area contributed by atoms with Crippen LogP contribution in [-0.2, 0) is 4.52 Å². The Labute approximate surface area is 175 Å². The van der Waals surface area contributed by atoms with Gasteiger partial charge in [-0.05, 0) is 37.2 Å². The van der Waals surface area contributed by atoms with Gasteiger partial charge in [0.25, 0.3) is 0 Å². The highest BCUT2D eigenvalue weighted by molar-refractivity contribution is 7.47. The highest BCUT2D eigenvalue weighted by Gasteiger charge is 2.47. The van der Waals surface area contributed by atoms with E-state index in [1.54, 1.807) is 0 Å². The number of likely N-dealkylation sites (N-methyl/N-ethyl adjacent to an activating group) is 2. The van der Waals surface area contributed by atoms with E-state index in [-0.39, 0.29) is 18.2 Å². The lowest BCUT2D eigenvalue weighted by molar-refractivity contribution is 0.199. The van der Waals surface area contributed by atoms with Crippen LogP contribution in [0.5, 0.6) is 0 Å². The fraction of sp³-hybridized carbons (Fsp3) is 0.280. The molecule has 0 unspecified atom stereocenters. The van der Waals surface area contributed by atoms with Crippen molar-refractivity contribution in [3.8, 4) is 0 Å². The zero-order valence-electron chi connectivity index (χ0n) is 17.3. The average molecular weight is 404 g/mol. The molecule has 1 saturated heterocycles. The van der Waals surface area contributed by atoms with E-state index in [1.807, 2.05) is 0 Å². The molecular weight excluding hydrogens is 375 g/mol. The van der Waals surface area contributed by atoms with Gasteiger partial charge < -0.3 is 4.52 Å². The van der Waals surface area contributed by atoms with Crippen molar-refractivity contribution in [1.29, 1.82) is 0 Å². The predicted octanol–water partition coefficient (Wildman–Crippen LogP) is 6.74. The van der Waals surface area contributed by atoms with Crippen LogP contribution in [0.1, 0.15) is 48.2 Å². The standard InChI is InChI=1S/C25H29N2OP/c1-4-23(20-14-8-5-9-15-20)28-29-26(2)24(21-16-10-6-11-17-21)25(27(29)3)22-18-12-7-13-19-22/h5-19,23-25H,4H2,1-3H3/t23-,24+,25+/m0/s1. The van der Waals surface area contributed by atoms with E-state index in [2.05, 4.69) is 121 Å². The van der Waals surface area contributed by atoms with Crippen molar-refractivity contribution in [2.75, 3.05) is 14.1 Å². The Hall–Kier alpha value is -2.03. The molecule has 3 aromatic rings. The van der Waals surface area contributed by atoms with Gasteiger partial charge in [-0.2, -0.15) is 0 Å². The van der Waals surface area contributed by atoms with Crippen molar-refractivity contribution in [1.82, 2.24) is 9.34 Å². The van der Waals surface area contributed by atoms with Gasteiger partial charge in [0.1, 0.15) is 0 Å². The molecule has 0 aliphatic carbocycles. The van der Waals surface area contributed by atoms with Crippen LogP contribution >= 0.6 is 8.45 Å². The van der Waals surface area contributed by atoms with Crippen LogP contribution in [-0.4, -0.2) is 23.4 Å². The van der Waals surface area contributed by atoms with Crippen molar-refractivity contribution in [2.45, 2.75) is 31.5 Å². The Morgan fingerprint density at radius 2 is 1.14 bits per heavy atom. The van der Waals surface area contributed by atoms with E-state index in [4.69, 9.17) is 4.52 Å². The second-order valence-electron chi connectivity index (χ2n) is 7.52. The van der Waals surface area contributed by atoms with Gasteiger partial charge in [0.15, 0.2) is 8.45 Å². The highest BCUT2D eigenvalue weighted by atomic mass is 31.2. The fourth-order valence-electron chi connectivity index (χ4n) is 4.24. The molecule has 0 N–H and O–H groups in total. The minimum absolute atomic E-state index is 0.0955. The fourth-order valence-corrected chi connectivity index (χ4v) is 6.43. The van der Waals surface area contributed by atoms with E-state index in [0.29, 0.717) is 0 Å². The number of nitrogens with zero attached hydrogens (tertiary/aromatic N) is 2. The van der Waals surface area contributed by atoms with Crippen LogP contribution in [0.25, 0.3) is 0 Å². The summed E-state index contributed by atoms with van der Waals surface area (Å²) in [6.45, 7) is 2.20. The second kappa shape index (κ2) is 9.19. The summed E-state index contributed by atoms with van der Waals surface area (Å²) < 4.78 is 11.7. The van der Waals surface area contributed by atoms with Gasteiger partial charge in [0.2, 0.25) is 0 Å². The highest BCUT2D eigenvalue weighted by Crippen LogP contribution is 2.64. The van der Waals surface area contributed by atoms with Crippen LogP contribution in [0.2, 0.25) is 0 Å². The summed E-state index contributed by atoms with van der Waals surface area (Å²) >= 11 is 0. The first kappa shape index (κ1) is 20.3. The van der Waals surface area contributed by atoms with Crippen molar-refractivity contribution >= 4 is 8.45 Å². The lowest BCUT2D eigenvalue weighted by atomic mass is 9.93. The third kappa shape index (κ3) is 4.15. The monoisotopic (exact) mass is 404 g/mol. The van der Waals surface area contributed by atoms with Gasteiger partial charge >= 0.3 is 0 Å². The maximum Gasteiger partial charge on any atom is 0.189 e. The first-order chi connectivity index (χ1) is 14.2. The van der Waals surface area contributed by atoms with Crippen molar-refractivity contribution in [3.05, 3.63) is 108 Å². The van der Waals surface area contributed by atoms with E-state index in [1.165, 1.54) is 16.7 Å². The lowest BCUT2D eigenvalue weighted by Crippen LogP contribution is -2.20. The Balaban J connectivity index is 1.68. The number of benzene rings is 3. The molecule has 1 heterocycles. The number of rotatable bonds is 6. The van der Waals surface area contributed by atoms with E-state index in [9.17, 15) is 0 Å². The van der Waals surface area contributed by atoms with Crippen molar-refractivity contribution in [2.24, 2.45) is 0 Å². The Bertz CT molecular complexity index is 839. The zero-order chi connectivity index (χ0) is 20.2. The van der Waals surface area contributed by atoms with E-state index in [0.717, 1.165) is 6.42 Å². The normalized spacial score (nSPS) is 22.0. The van der Waals surface area contributed by atoms with Crippen LogP contribution in [0.15, 0.2) is 91.0 Å². The van der Waals surface area contributed by atoms with Gasteiger partial charge in [-0.1, -0.05) is 97.9 Å².